The predicted molar refractivity (Wildman–Crippen MR) is 57.7 cm³/mol. The molecule has 0 aromatic carbocycles. The zero-order valence-electron chi connectivity index (χ0n) is 8.03. The number of hydrogen-bond acceptors (Lipinski definition) is 3. The number of rotatable bonds is 1. The van der Waals surface area contributed by atoms with Gasteiger partial charge in [-0.2, -0.15) is 5.10 Å². The zero-order valence-corrected chi connectivity index (χ0v) is 8.78. The molecule has 4 nitrogen and oxygen atoms in total. The molecule has 1 atom stereocenters. The molecule has 1 N–H and O–H groups in total. The summed E-state index contributed by atoms with van der Waals surface area (Å²) in [6.45, 7) is 3.93. The van der Waals surface area contributed by atoms with Crippen molar-refractivity contribution in [1.29, 1.82) is 0 Å². The van der Waals surface area contributed by atoms with Gasteiger partial charge in [0.2, 0.25) is 5.62 Å². The zero-order chi connectivity index (χ0) is 10.1. The number of nitrogens with one attached hydrogen (secondary N) is 1. The standard InChI is InChI=1S/C9H11ClN4/c1-6-5-8(13-12-6)14-7(2)3-4-11-9(14)10/h3-5,9H,1-2H3,(H,12,13). The largest absolute Gasteiger partial charge is 0.293 e. The van der Waals surface area contributed by atoms with E-state index in [1.165, 1.54) is 0 Å². The van der Waals surface area contributed by atoms with Crippen LogP contribution in [0.4, 0.5) is 5.82 Å². The van der Waals surface area contributed by atoms with Crippen molar-refractivity contribution in [3.8, 4) is 0 Å². The van der Waals surface area contributed by atoms with Crippen molar-refractivity contribution >= 4 is 23.6 Å². The minimum atomic E-state index is -0.400. The summed E-state index contributed by atoms with van der Waals surface area (Å²) in [5.41, 5.74) is 1.64. The number of aryl methyl sites for hydroxylation is 1. The molecule has 5 heteroatoms. The third-order valence-corrected chi connectivity index (χ3v) is 2.36. The highest BCUT2D eigenvalue weighted by Gasteiger charge is 2.20. The van der Waals surface area contributed by atoms with Crippen molar-refractivity contribution < 1.29 is 0 Å². The van der Waals surface area contributed by atoms with Gasteiger partial charge in [0.25, 0.3) is 0 Å². The lowest BCUT2D eigenvalue weighted by atomic mass is 10.3. The number of allylic oxidation sites excluding steroid dienone is 2. The second-order valence-corrected chi connectivity index (χ2v) is 3.59. The van der Waals surface area contributed by atoms with Crippen LogP contribution in [-0.2, 0) is 0 Å². The number of aliphatic imine (C=N–C) groups is 1. The van der Waals surface area contributed by atoms with Gasteiger partial charge in [-0.15, -0.1) is 0 Å². The Balaban J connectivity index is 2.34. The van der Waals surface area contributed by atoms with Crippen molar-refractivity contribution in [3.05, 3.63) is 23.5 Å². The molecule has 74 valence electrons. The molecule has 1 aromatic rings. The summed E-state index contributed by atoms with van der Waals surface area (Å²) in [7, 11) is 0. The summed E-state index contributed by atoms with van der Waals surface area (Å²) >= 11 is 6.05. The highest BCUT2D eigenvalue weighted by atomic mass is 35.5. The highest BCUT2D eigenvalue weighted by Crippen LogP contribution is 2.24. The summed E-state index contributed by atoms with van der Waals surface area (Å²) in [6.07, 6.45) is 3.62. The fourth-order valence-electron chi connectivity index (χ4n) is 1.35. The molecule has 2 heterocycles. The number of aromatic amines is 1. The van der Waals surface area contributed by atoms with Crippen LogP contribution in [0.5, 0.6) is 0 Å². The molecule has 0 spiro atoms. The molecular formula is C9H11ClN4. The van der Waals surface area contributed by atoms with E-state index in [0.29, 0.717) is 0 Å². The number of alkyl halides is 1. The molecule has 0 radical (unpaired) electrons. The van der Waals surface area contributed by atoms with Crippen molar-refractivity contribution in [2.75, 3.05) is 4.90 Å². The second-order valence-electron chi connectivity index (χ2n) is 3.20. The van der Waals surface area contributed by atoms with Gasteiger partial charge in [-0.05, 0) is 19.9 Å². The first-order chi connectivity index (χ1) is 6.68. The summed E-state index contributed by atoms with van der Waals surface area (Å²) in [6, 6.07) is 1.94. The van der Waals surface area contributed by atoms with Crippen LogP contribution in [0, 0.1) is 6.92 Å². The molecule has 0 saturated carbocycles. The molecule has 0 saturated heterocycles. The van der Waals surface area contributed by atoms with E-state index in [2.05, 4.69) is 15.2 Å². The quantitative estimate of drug-likeness (QED) is 0.570. The van der Waals surface area contributed by atoms with E-state index in [-0.39, 0.29) is 0 Å². The number of H-pyrrole nitrogens is 1. The van der Waals surface area contributed by atoms with Gasteiger partial charge in [0.05, 0.1) is 0 Å². The number of anilines is 1. The first kappa shape index (κ1) is 9.27. The van der Waals surface area contributed by atoms with E-state index in [4.69, 9.17) is 11.6 Å². The van der Waals surface area contributed by atoms with E-state index in [1.807, 2.05) is 30.9 Å². The Hall–Kier alpha value is -1.29. The van der Waals surface area contributed by atoms with Crippen LogP contribution in [0.3, 0.4) is 0 Å². The lowest BCUT2D eigenvalue weighted by Crippen LogP contribution is -2.30. The van der Waals surface area contributed by atoms with Crippen LogP contribution < -0.4 is 4.90 Å². The minimum absolute atomic E-state index is 0.400. The first-order valence-corrected chi connectivity index (χ1v) is 4.77. The molecule has 0 fully saturated rings. The molecule has 0 aliphatic carbocycles. The van der Waals surface area contributed by atoms with Gasteiger partial charge in [-0.25, -0.2) is 0 Å². The maximum atomic E-state index is 6.05. The van der Waals surface area contributed by atoms with Crippen LogP contribution in [0.25, 0.3) is 0 Å². The van der Waals surface area contributed by atoms with E-state index in [9.17, 15) is 0 Å². The average Bonchev–Trinajstić information content (AvgIpc) is 2.51. The Labute approximate surface area is 87.3 Å². The summed E-state index contributed by atoms with van der Waals surface area (Å²) in [4.78, 5) is 5.95. The number of halogens is 1. The second kappa shape index (κ2) is 3.46. The predicted octanol–water partition coefficient (Wildman–Crippen LogP) is 2.04. The lowest BCUT2D eigenvalue weighted by Gasteiger charge is -2.27. The van der Waals surface area contributed by atoms with Crippen LogP contribution in [0.1, 0.15) is 12.6 Å². The van der Waals surface area contributed by atoms with Gasteiger partial charge >= 0.3 is 0 Å². The van der Waals surface area contributed by atoms with Gasteiger partial charge in [0, 0.05) is 23.7 Å². The van der Waals surface area contributed by atoms with Crippen LogP contribution in [0.2, 0.25) is 0 Å². The fraction of sp³-hybridized carbons (Fsp3) is 0.333. The number of nitrogens with zero attached hydrogens (tertiary/aromatic N) is 3. The van der Waals surface area contributed by atoms with E-state index >= 15 is 0 Å². The Bertz CT molecular complexity index is 393. The van der Waals surface area contributed by atoms with E-state index in [1.54, 1.807) is 6.21 Å². The molecule has 0 amide bonds. The molecule has 1 unspecified atom stereocenters. The third-order valence-electron chi connectivity index (χ3n) is 2.06. The van der Waals surface area contributed by atoms with E-state index < -0.39 is 5.62 Å². The maximum Gasteiger partial charge on any atom is 0.202 e. The molecule has 1 aliphatic rings. The topological polar surface area (TPSA) is 44.3 Å². The third kappa shape index (κ3) is 1.53. The number of aromatic nitrogens is 2. The maximum absolute atomic E-state index is 6.05. The van der Waals surface area contributed by atoms with Crippen molar-refractivity contribution in [3.63, 3.8) is 0 Å². The normalized spacial score (nSPS) is 21.2. The Morgan fingerprint density at radius 1 is 1.50 bits per heavy atom. The minimum Gasteiger partial charge on any atom is -0.293 e. The van der Waals surface area contributed by atoms with Gasteiger partial charge < -0.3 is 0 Å². The smallest absolute Gasteiger partial charge is 0.202 e. The SMILES string of the molecule is CC1=CC=NC(Cl)N1c1cc(C)[nH]n1. The van der Waals surface area contributed by atoms with Gasteiger partial charge in [-0.1, -0.05) is 11.6 Å². The molecule has 1 aromatic heterocycles. The van der Waals surface area contributed by atoms with Crippen LogP contribution in [-0.4, -0.2) is 22.0 Å². The Kier molecular flexibility index (Phi) is 2.29. The van der Waals surface area contributed by atoms with Gasteiger partial charge in [0.1, 0.15) is 0 Å². The molecule has 1 aliphatic heterocycles. The molecule has 0 bridgehead atoms. The first-order valence-electron chi connectivity index (χ1n) is 4.34. The Morgan fingerprint density at radius 3 is 2.86 bits per heavy atom. The van der Waals surface area contributed by atoms with Crippen LogP contribution >= 0.6 is 11.6 Å². The summed E-state index contributed by atoms with van der Waals surface area (Å²) in [5.74, 6) is 0.799. The van der Waals surface area contributed by atoms with Crippen molar-refractivity contribution in [2.45, 2.75) is 19.5 Å². The van der Waals surface area contributed by atoms with Crippen molar-refractivity contribution in [1.82, 2.24) is 10.2 Å². The van der Waals surface area contributed by atoms with Crippen LogP contribution in [0.15, 0.2) is 22.8 Å². The summed E-state index contributed by atoms with van der Waals surface area (Å²) in [5, 5.41) is 7.02. The molecular weight excluding hydrogens is 200 g/mol. The Morgan fingerprint density at radius 2 is 2.29 bits per heavy atom. The fourth-order valence-corrected chi connectivity index (χ4v) is 1.67. The van der Waals surface area contributed by atoms with Crippen molar-refractivity contribution in [2.24, 2.45) is 4.99 Å². The van der Waals surface area contributed by atoms with E-state index in [0.717, 1.165) is 17.2 Å². The number of hydrogen-bond donors (Lipinski definition) is 1. The molecule has 14 heavy (non-hydrogen) atoms. The molecule has 2 rings (SSSR count). The summed E-state index contributed by atoms with van der Waals surface area (Å²) < 4.78 is 0. The monoisotopic (exact) mass is 210 g/mol. The highest BCUT2D eigenvalue weighted by molar-refractivity contribution is 6.22. The van der Waals surface area contributed by atoms with Gasteiger partial charge in [0.15, 0.2) is 5.82 Å². The van der Waals surface area contributed by atoms with Gasteiger partial charge in [-0.3, -0.25) is 15.0 Å². The average molecular weight is 211 g/mol. The lowest BCUT2D eigenvalue weighted by molar-refractivity contribution is 0.827.